The summed E-state index contributed by atoms with van der Waals surface area (Å²) in [6.45, 7) is 4.47. The molecular weight excluding hydrogens is 289 g/mol. The van der Waals surface area contributed by atoms with Crippen LogP contribution in [-0.2, 0) is 4.74 Å². The third-order valence-electron chi connectivity index (χ3n) is 2.97. The Balaban J connectivity index is 2.09. The zero-order chi connectivity index (χ0) is 13.8. The molecule has 0 amide bonds. The van der Waals surface area contributed by atoms with Gasteiger partial charge in [0.25, 0.3) is 0 Å². The van der Waals surface area contributed by atoms with Crippen LogP contribution in [0.15, 0.2) is 18.2 Å². The maximum Gasteiger partial charge on any atom is 0.178 e. The molecule has 1 heterocycles. The summed E-state index contributed by atoms with van der Waals surface area (Å²) in [6, 6.07) is 5.07. The Kier molecular flexibility index (Phi) is 5.30. The maximum atomic E-state index is 9.88. The predicted octanol–water partition coefficient (Wildman–Crippen LogP) is 2.41. The van der Waals surface area contributed by atoms with E-state index >= 15 is 0 Å². The summed E-state index contributed by atoms with van der Waals surface area (Å²) in [5, 5.41) is 10.8. The topological polar surface area (TPSA) is 41.9 Å². The van der Waals surface area contributed by atoms with Gasteiger partial charge in [0, 0.05) is 19.2 Å². The van der Waals surface area contributed by atoms with Crippen molar-refractivity contribution < 1.29 is 14.6 Å². The number of morpholine rings is 1. The van der Waals surface area contributed by atoms with E-state index in [1.54, 1.807) is 25.1 Å². The molecule has 1 saturated heterocycles. The standard InChI is InChI=1S/C13H17Cl2NO3/c1-9(17)13(16-4-6-18-7-5-16)19-10-2-3-11(14)12(15)8-10/h2-3,8-9,13,17H,4-7H2,1H3. The highest BCUT2D eigenvalue weighted by Gasteiger charge is 2.26. The van der Waals surface area contributed by atoms with Crippen LogP contribution in [0.25, 0.3) is 0 Å². The highest BCUT2D eigenvalue weighted by molar-refractivity contribution is 6.42. The van der Waals surface area contributed by atoms with Crippen molar-refractivity contribution in [2.45, 2.75) is 19.3 Å². The summed E-state index contributed by atoms with van der Waals surface area (Å²) >= 11 is 11.8. The lowest BCUT2D eigenvalue weighted by Gasteiger charge is -2.35. The SMILES string of the molecule is CC(O)C(Oc1ccc(Cl)c(Cl)c1)N1CCOCC1. The van der Waals surface area contributed by atoms with Gasteiger partial charge in [0.05, 0.1) is 23.3 Å². The molecule has 19 heavy (non-hydrogen) atoms. The molecule has 6 heteroatoms. The van der Waals surface area contributed by atoms with E-state index in [-0.39, 0.29) is 0 Å². The minimum atomic E-state index is -0.618. The van der Waals surface area contributed by atoms with Crippen molar-refractivity contribution in [1.29, 1.82) is 0 Å². The second-order valence-electron chi connectivity index (χ2n) is 4.47. The molecule has 2 rings (SSSR count). The summed E-state index contributed by atoms with van der Waals surface area (Å²) in [7, 11) is 0. The van der Waals surface area contributed by atoms with E-state index in [1.807, 2.05) is 0 Å². The highest BCUT2D eigenvalue weighted by atomic mass is 35.5. The van der Waals surface area contributed by atoms with E-state index < -0.39 is 12.3 Å². The molecule has 1 N–H and O–H groups in total. The third-order valence-corrected chi connectivity index (χ3v) is 3.71. The summed E-state index contributed by atoms with van der Waals surface area (Å²) in [5.41, 5.74) is 0. The minimum absolute atomic E-state index is 0.416. The Labute approximate surface area is 122 Å². The Hall–Kier alpha value is -0.520. The first kappa shape index (κ1) is 14.9. The molecule has 1 fully saturated rings. The average molecular weight is 306 g/mol. The number of halogens is 2. The molecule has 0 aliphatic carbocycles. The number of benzene rings is 1. The van der Waals surface area contributed by atoms with E-state index in [9.17, 15) is 5.11 Å². The van der Waals surface area contributed by atoms with Crippen LogP contribution in [0.4, 0.5) is 0 Å². The fourth-order valence-electron chi connectivity index (χ4n) is 2.00. The minimum Gasteiger partial charge on any atom is -0.472 e. The van der Waals surface area contributed by atoms with Gasteiger partial charge in [0.2, 0.25) is 0 Å². The van der Waals surface area contributed by atoms with Crippen molar-refractivity contribution >= 4 is 23.2 Å². The summed E-state index contributed by atoms with van der Waals surface area (Å²) in [6.07, 6.45) is -1.03. The lowest BCUT2D eigenvalue weighted by Crippen LogP contribution is -2.51. The molecular formula is C13H17Cl2NO3. The van der Waals surface area contributed by atoms with Crippen molar-refractivity contribution in [3.8, 4) is 5.75 Å². The maximum absolute atomic E-state index is 9.88. The first-order valence-electron chi connectivity index (χ1n) is 6.19. The molecule has 0 spiro atoms. The van der Waals surface area contributed by atoms with Crippen LogP contribution in [0, 0.1) is 0 Å². The normalized spacial score (nSPS) is 20.0. The number of aliphatic hydroxyl groups excluding tert-OH is 1. The second-order valence-corrected chi connectivity index (χ2v) is 5.29. The molecule has 0 radical (unpaired) electrons. The van der Waals surface area contributed by atoms with Crippen LogP contribution in [0.3, 0.4) is 0 Å². The van der Waals surface area contributed by atoms with Gasteiger partial charge in [-0.3, -0.25) is 4.90 Å². The van der Waals surface area contributed by atoms with Gasteiger partial charge in [-0.25, -0.2) is 0 Å². The lowest BCUT2D eigenvalue weighted by atomic mass is 10.2. The molecule has 1 aliphatic heterocycles. The van der Waals surface area contributed by atoms with Gasteiger partial charge in [-0.1, -0.05) is 23.2 Å². The van der Waals surface area contributed by atoms with Gasteiger partial charge in [-0.2, -0.15) is 0 Å². The fraction of sp³-hybridized carbons (Fsp3) is 0.538. The largest absolute Gasteiger partial charge is 0.472 e. The zero-order valence-electron chi connectivity index (χ0n) is 10.7. The summed E-state index contributed by atoms with van der Waals surface area (Å²) in [5.74, 6) is 0.590. The van der Waals surface area contributed by atoms with Crippen molar-refractivity contribution in [1.82, 2.24) is 4.90 Å². The van der Waals surface area contributed by atoms with Gasteiger partial charge in [-0.05, 0) is 19.1 Å². The number of nitrogens with zero attached hydrogens (tertiary/aromatic N) is 1. The molecule has 1 aliphatic rings. The van der Waals surface area contributed by atoms with E-state index in [0.29, 0.717) is 29.0 Å². The number of aliphatic hydroxyl groups is 1. The predicted molar refractivity (Wildman–Crippen MR) is 75.0 cm³/mol. The summed E-state index contributed by atoms with van der Waals surface area (Å²) < 4.78 is 11.1. The fourth-order valence-corrected chi connectivity index (χ4v) is 2.29. The number of ether oxygens (including phenoxy) is 2. The first-order valence-corrected chi connectivity index (χ1v) is 6.95. The molecule has 1 aromatic carbocycles. The molecule has 1 aromatic rings. The van der Waals surface area contributed by atoms with Crippen molar-refractivity contribution in [3.05, 3.63) is 28.2 Å². The zero-order valence-corrected chi connectivity index (χ0v) is 12.2. The number of hydrogen-bond donors (Lipinski definition) is 1. The molecule has 0 saturated carbocycles. The van der Waals surface area contributed by atoms with Gasteiger partial charge < -0.3 is 14.6 Å². The Morgan fingerprint density at radius 3 is 2.53 bits per heavy atom. The number of rotatable bonds is 4. The Morgan fingerprint density at radius 1 is 1.26 bits per heavy atom. The molecule has 4 nitrogen and oxygen atoms in total. The van der Waals surface area contributed by atoms with Gasteiger partial charge in [-0.15, -0.1) is 0 Å². The second kappa shape index (κ2) is 6.77. The van der Waals surface area contributed by atoms with Crippen LogP contribution >= 0.6 is 23.2 Å². The van der Waals surface area contributed by atoms with Crippen LogP contribution in [0.5, 0.6) is 5.75 Å². The average Bonchev–Trinajstić information content (AvgIpc) is 2.40. The quantitative estimate of drug-likeness (QED) is 0.927. The number of hydrogen-bond acceptors (Lipinski definition) is 4. The monoisotopic (exact) mass is 305 g/mol. The van der Waals surface area contributed by atoms with Crippen LogP contribution in [-0.4, -0.2) is 48.6 Å². The van der Waals surface area contributed by atoms with Crippen LogP contribution in [0.1, 0.15) is 6.92 Å². The first-order chi connectivity index (χ1) is 9.08. The van der Waals surface area contributed by atoms with Gasteiger partial charge in [0.1, 0.15) is 11.9 Å². The molecule has 0 bridgehead atoms. The van der Waals surface area contributed by atoms with E-state index in [4.69, 9.17) is 32.7 Å². The van der Waals surface area contributed by atoms with Crippen molar-refractivity contribution in [2.75, 3.05) is 26.3 Å². The van der Waals surface area contributed by atoms with Crippen LogP contribution < -0.4 is 4.74 Å². The van der Waals surface area contributed by atoms with E-state index in [1.165, 1.54) is 0 Å². The van der Waals surface area contributed by atoms with Crippen molar-refractivity contribution in [3.63, 3.8) is 0 Å². The van der Waals surface area contributed by atoms with E-state index in [2.05, 4.69) is 4.90 Å². The van der Waals surface area contributed by atoms with Crippen LogP contribution in [0.2, 0.25) is 10.0 Å². The molecule has 2 unspecified atom stereocenters. The lowest BCUT2D eigenvalue weighted by molar-refractivity contribution is -0.0941. The van der Waals surface area contributed by atoms with Gasteiger partial charge in [0.15, 0.2) is 6.23 Å². The van der Waals surface area contributed by atoms with E-state index in [0.717, 1.165) is 13.1 Å². The molecule has 2 atom stereocenters. The van der Waals surface area contributed by atoms with Gasteiger partial charge >= 0.3 is 0 Å². The summed E-state index contributed by atoms with van der Waals surface area (Å²) in [4.78, 5) is 2.05. The molecule has 106 valence electrons. The smallest absolute Gasteiger partial charge is 0.178 e. The molecule has 0 aromatic heterocycles. The third kappa shape index (κ3) is 3.97. The Bertz CT molecular complexity index is 422. The van der Waals surface area contributed by atoms with Crippen molar-refractivity contribution in [2.24, 2.45) is 0 Å². The highest BCUT2D eigenvalue weighted by Crippen LogP contribution is 2.27. The Morgan fingerprint density at radius 2 is 1.95 bits per heavy atom.